The van der Waals surface area contributed by atoms with Crippen molar-refractivity contribution >= 4 is 0 Å². The van der Waals surface area contributed by atoms with Crippen LogP contribution in [0.15, 0.2) is 24.3 Å². The number of rotatable bonds is 18. The molecule has 1 atom stereocenters. The van der Waals surface area contributed by atoms with Crippen molar-refractivity contribution in [3.05, 3.63) is 24.3 Å². The van der Waals surface area contributed by atoms with E-state index < -0.39 is 0 Å². The lowest BCUT2D eigenvalue weighted by atomic mass is 10.1. The van der Waals surface area contributed by atoms with Crippen LogP contribution in [-0.4, -0.2) is 19.5 Å². The minimum absolute atomic E-state index is 0.0564. The summed E-state index contributed by atoms with van der Waals surface area (Å²) < 4.78 is 11.3. The summed E-state index contributed by atoms with van der Waals surface area (Å²) >= 11 is 0. The molecule has 0 radical (unpaired) electrons. The van der Waals surface area contributed by atoms with Crippen LogP contribution < -0.4 is 0 Å². The van der Waals surface area contributed by atoms with Crippen LogP contribution in [-0.2, 0) is 9.47 Å². The maximum absolute atomic E-state index is 5.72. The van der Waals surface area contributed by atoms with Gasteiger partial charge in [0.25, 0.3) is 0 Å². The van der Waals surface area contributed by atoms with Gasteiger partial charge in [-0.3, -0.25) is 0 Å². The van der Waals surface area contributed by atoms with Crippen molar-refractivity contribution in [1.82, 2.24) is 0 Å². The highest BCUT2D eigenvalue weighted by atomic mass is 16.7. The molecule has 0 aliphatic carbocycles. The van der Waals surface area contributed by atoms with E-state index in [0.29, 0.717) is 0 Å². The molecule has 158 valence electrons. The topological polar surface area (TPSA) is 18.5 Å². The maximum atomic E-state index is 5.72. The second-order valence-electron chi connectivity index (χ2n) is 7.95. The summed E-state index contributed by atoms with van der Waals surface area (Å²) in [6.45, 7) is 3.94. The summed E-state index contributed by atoms with van der Waals surface area (Å²) in [5.74, 6) is 0. The zero-order valence-corrected chi connectivity index (χ0v) is 18.1. The van der Waals surface area contributed by atoms with Crippen LogP contribution >= 0.6 is 0 Å². The van der Waals surface area contributed by atoms with Crippen molar-refractivity contribution in [3.8, 4) is 0 Å². The van der Waals surface area contributed by atoms with Gasteiger partial charge in [0.15, 0.2) is 6.29 Å². The molecule has 1 aliphatic heterocycles. The van der Waals surface area contributed by atoms with Gasteiger partial charge in [-0.1, -0.05) is 89.0 Å². The zero-order chi connectivity index (χ0) is 19.3. The molecule has 1 fully saturated rings. The van der Waals surface area contributed by atoms with Crippen LogP contribution in [0.4, 0.5) is 0 Å². The first-order valence-electron chi connectivity index (χ1n) is 12.0. The van der Waals surface area contributed by atoms with Gasteiger partial charge in [0.2, 0.25) is 0 Å². The average molecular weight is 379 g/mol. The summed E-state index contributed by atoms with van der Waals surface area (Å²) in [6, 6.07) is 0. The summed E-state index contributed by atoms with van der Waals surface area (Å²) in [7, 11) is 0. The fourth-order valence-electron chi connectivity index (χ4n) is 3.52. The van der Waals surface area contributed by atoms with E-state index in [4.69, 9.17) is 9.47 Å². The van der Waals surface area contributed by atoms with Crippen molar-refractivity contribution in [1.29, 1.82) is 0 Å². The predicted octanol–water partition coefficient (Wildman–Crippen LogP) is 8.12. The van der Waals surface area contributed by atoms with E-state index in [0.717, 1.165) is 32.5 Å². The predicted molar refractivity (Wildman–Crippen MR) is 118 cm³/mol. The van der Waals surface area contributed by atoms with Crippen molar-refractivity contribution in [3.63, 3.8) is 0 Å². The fraction of sp³-hybridized carbons (Fsp3) is 0.840. The molecule has 1 unspecified atom stereocenters. The summed E-state index contributed by atoms with van der Waals surface area (Å²) in [5, 5.41) is 0. The van der Waals surface area contributed by atoms with Crippen molar-refractivity contribution < 1.29 is 9.47 Å². The molecule has 0 N–H and O–H groups in total. The molecule has 0 spiro atoms. The molecule has 1 heterocycles. The van der Waals surface area contributed by atoms with Crippen LogP contribution in [0.25, 0.3) is 0 Å². The van der Waals surface area contributed by atoms with Gasteiger partial charge in [-0.2, -0.15) is 0 Å². The van der Waals surface area contributed by atoms with Crippen molar-refractivity contribution in [2.75, 3.05) is 13.2 Å². The maximum Gasteiger partial charge on any atom is 0.157 e. The molecule has 0 aromatic carbocycles. The van der Waals surface area contributed by atoms with E-state index in [9.17, 15) is 0 Å². The first-order chi connectivity index (χ1) is 13.4. The van der Waals surface area contributed by atoms with Crippen LogP contribution in [0.3, 0.4) is 0 Å². The van der Waals surface area contributed by atoms with Gasteiger partial charge in [0, 0.05) is 6.61 Å². The van der Waals surface area contributed by atoms with Gasteiger partial charge in [-0.15, -0.1) is 0 Å². The normalized spacial score (nSPS) is 18.0. The number of allylic oxidation sites excluding steroid dienone is 3. The van der Waals surface area contributed by atoms with Gasteiger partial charge >= 0.3 is 0 Å². The Morgan fingerprint density at radius 2 is 1.30 bits per heavy atom. The Bertz CT molecular complexity index is 342. The number of hydrogen-bond acceptors (Lipinski definition) is 2. The monoisotopic (exact) mass is 378 g/mol. The van der Waals surface area contributed by atoms with E-state index in [1.54, 1.807) is 0 Å². The Balaban J connectivity index is 1.74. The van der Waals surface area contributed by atoms with Gasteiger partial charge in [-0.25, -0.2) is 0 Å². The summed E-state index contributed by atoms with van der Waals surface area (Å²) in [5.41, 5.74) is 0. The quantitative estimate of drug-likeness (QED) is 0.177. The third-order valence-electron chi connectivity index (χ3n) is 5.28. The first-order valence-corrected chi connectivity index (χ1v) is 12.0. The van der Waals surface area contributed by atoms with E-state index in [-0.39, 0.29) is 6.29 Å². The first kappa shape index (κ1) is 24.4. The summed E-state index contributed by atoms with van der Waals surface area (Å²) in [4.78, 5) is 0. The van der Waals surface area contributed by atoms with Crippen LogP contribution in [0.2, 0.25) is 0 Å². The van der Waals surface area contributed by atoms with E-state index in [2.05, 4.69) is 31.2 Å². The highest BCUT2D eigenvalue weighted by molar-refractivity contribution is 4.88. The molecular formula is C25H46O2. The lowest BCUT2D eigenvalue weighted by molar-refractivity contribution is -0.161. The number of ether oxygens (including phenoxy) is 2. The van der Waals surface area contributed by atoms with E-state index >= 15 is 0 Å². The lowest BCUT2D eigenvalue weighted by Gasteiger charge is -2.22. The molecule has 0 bridgehead atoms. The van der Waals surface area contributed by atoms with Gasteiger partial charge < -0.3 is 9.47 Å². The summed E-state index contributed by atoms with van der Waals surface area (Å²) in [6.07, 6.45) is 31.6. The third-order valence-corrected chi connectivity index (χ3v) is 5.28. The van der Waals surface area contributed by atoms with Crippen LogP contribution in [0.5, 0.6) is 0 Å². The largest absolute Gasteiger partial charge is 0.353 e. The molecule has 0 aromatic rings. The molecule has 1 saturated heterocycles. The second kappa shape index (κ2) is 20.1. The Morgan fingerprint density at radius 1 is 0.704 bits per heavy atom. The van der Waals surface area contributed by atoms with Crippen LogP contribution in [0, 0.1) is 0 Å². The zero-order valence-electron chi connectivity index (χ0n) is 18.1. The smallest absolute Gasteiger partial charge is 0.157 e. The molecule has 0 aromatic heterocycles. The standard InChI is InChI=1S/C25H46O2/c1-2-3-4-5-6-7-8-9-10-11-12-13-14-15-16-17-18-20-23-26-25-22-19-21-24-27-25/h13-14,17-18,25H,2-12,15-16,19-24H2,1H3/b14-13-,18-17-. The van der Waals surface area contributed by atoms with E-state index in [1.807, 2.05) is 0 Å². The van der Waals surface area contributed by atoms with Crippen molar-refractivity contribution in [2.24, 2.45) is 0 Å². The molecule has 2 nitrogen and oxygen atoms in total. The molecular weight excluding hydrogens is 332 g/mol. The molecule has 1 rings (SSSR count). The molecule has 2 heteroatoms. The molecule has 27 heavy (non-hydrogen) atoms. The van der Waals surface area contributed by atoms with E-state index in [1.165, 1.54) is 89.9 Å². The lowest BCUT2D eigenvalue weighted by Crippen LogP contribution is -2.22. The molecule has 1 aliphatic rings. The SMILES string of the molecule is CCCCCCCCCCCC/C=C\CC/C=C\CCOC1CCCCO1. The van der Waals surface area contributed by atoms with Crippen molar-refractivity contribution in [2.45, 2.75) is 122 Å². The second-order valence-corrected chi connectivity index (χ2v) is 7.95. The molecule has 0 amide bonds. The van der Waals surface area contributed by atoms with Gasteiger partial charge in [0.1, 0.15) is 0 Å². The Kier molecular flexibility index (Phi) is 18.2. The molecule has 0 saturated carbocycles. The number of unbranched alkanes of at least 4 members (excludes halogenated alkanes) is 11. The van der Waals surface area contributed by atoms with Gasteiger partial charge in [-0.05, 0) is 51.4 Å². The highest BCUT2D eigenvalue weighted by Crippen LogP contribution is 2.14. The average Bonchev–Trinajstić information content (AvgIpc) is 2.70. The number of hydrogen-bond donors (Lipinski definition) is 0. The van der Waals surface area contributed by atoms with Gasteiger partial charge in [0.05, 0.1) is 6.61 Å². The third kappa shape index (κ3) is 17.2. The highest BCUT2D eigenvalue weighted by Gasteiger charge is 2.12. The Labute approximate surface area is 169 Å². The Hall–Kier alpha value is -0.600. The Morgan fingerprint density at radius 3 is 1.93 bits per heavy atom. The van der Waals surface area contributed by atoms with Crippen LogP contribution in [0.1, 0.15) is 116 Å². The minimum atomic E-state index is 0.0564. The fourth-order valence-corrected chi connectivity index (χ4v) is 3.52. The minimum Gasteiger partial charge on any atom is -0.353 e.